The van der Waals surface area contributed by atoms with E-state index in [1.807, 2.05) is 13.8 Å². The molecule has 0 amide bonds. The largest absolute Gasteiger partial charge is 0.460 e. The van der Waals surface area contributed by atoms with Crippen molar-refractivity contribution in [3.8, 4) is 0 Å². The second kappa shape index (κ2) is 3.89. The van der Waals surface area contributed by atoms with Crippen molar-refractivity contribution < 1.29 is 14.6 Å². The van der Waals surface area contributed by atoms with Gasteiger partial charge < -0.3 is 9.84 Å². The van der Waals surface area contributed by atoms with Crippen LogP contribution in [0.1, 0.15) is 40.5 Å². The fourth-order valence-electron chi connectivity index (χ4n) is 1.90. The van der Waals surface area contributed by atoms with Gasteiger partial charge in [-0.05, 0) is 12.3 Å². The maximum atomic E-state index is 11.3. The summed E-state index contributed by atoms with van der Waals surface area (Å²) in [4.78, 5) is 11.3. The lowest BCUT2D eigenvalue weighted by atomic mass is 9.77. The Morgan fingerprint density at radius 2 is 2.14 bits per heavy atom. The smallest absolute Gasteiger partial charge is 0.306 e. The summed E-state index contributed by atoms with van der Waals surface area (Å²) in [5.41, 5.74) is -0.352. The maximum absolute atomic E-state index is 11.3. The van der Waals surface area contributed by atoms with Crippen molar-refractivity contribution in [2.45, 2.75) is 52.7 Å². The highest BCUT2D eigenvalue weighted by atomic mass is 16.6. The fraction of sp³-hybridized carbons (Fsp3) is 0.909. The number of aliphatic hydroxyl groups excluding tert-OH is 1. The maximum Gasteiger partial charge on any atom is 0.306 e. The third kappa shape index (κ3) is 2.47. The summed E-state index contributed by atoms with van der Waals surface area (Å²) >= 11 is 0. The van der Waals surface area contributed by atoms with Crippen LogP contribution in [0.25, 0.3) is 0 Å². The van der Waals surface area contributed by atoms with Gasteiger partial charge in [0.1, 0.15) is 6.10 Å². The van der Waals surface area contributed by atoms with E-state index in [-0.39, 0.29) is 17.5 Å². The van der Waals surface area contributed by atoms with Gasteiger partial charge in [0, 0.05) is 5.41 Å². The van der Waals surface area contributed by atoms with Crippen LogP contribution in [0.5, 0.6) is 0 Å². The van der Waals surface area contributed by atoms with Gasteiger partial charge >= 0.3 is 5.97 Å². The Bertz CT molecular complexity index is 221. The number of ether oxygens (including phenoxy) is 1. The predicted molar refractivity (Wildman–Crippen MR) is 53.7 cm³/mol. The van der Waals surface area contributed by atoms with Crippen molar-refractivity contribution in [2.75, 3.05) is 0 Å². The van der Waals surface area contributed by atoms with Crippen LogP contribution in [0, 0.1) is 11.3 Å². The van der Waals surface area contributed by atoms with Gasteiger partial charge in [-0.3, -0.25) is 4.79 Å². The van der Waals surface area contributed by atoms with Crippen molar-refractivity contribution in [3.05, 3.63) is 0 Å². The van der Waals surface area contributed by atoms with Crippen LogP contribution < -0.4 is 0 Å². The first kappa shape index (κ1) is 11.5. The van der Waals surface area contributed by atoms with Gasteiger partial charge in [-0.2, -0.15) is 0 Å². The zero-order valence-corrected chi connectivity index (χ0v) is 9.41. The highest BCUT2D eigenvalue weighted by Gasteiger charge is 2.43. The number of aliphatic hydroxyl groups is 1. The Labute approximate surface area is 85.5 Å². The summed E-state index contributed by atoms with van der Waals surface area (Å²) in [7, 11) is 0. The molecular weight excluding hydrogens is 180 g/mol. The van der Waals surface area contributed by atoms with Crippen molar-refractivity contribution in [1.82, 2.24) is 0 Å². The van der Waals surface area contributed by atoms with Crippen molar-refractivity contribution in [2.24, 2.45) is 11.3 Å². The number of hydrogen-bond donors (Lipinski definition) is 1. The first-order valence-corrected chi connectivity index (χ1v) is 5.20. The number of carbonyl (C=O) groups is 1. The second-order valence-corrected chi connectivity index (χ2v) is 5.27. The van der Waals surface area contributed by atoms with Crippen LogP contribution in [0.2, 0.25) is 0 Å². The quantitative estimate of drug-likeness (QED) is 0.690. The molecule has 3 nitrogen and oxygen atoms in total. The van der Waals surface area contributed by atoms with E-state index in [2.05, 4.69) is 13.8 Å². The third-order valence-corrected chi connectivity index (χ3v) is 2.74. The van der Waals surface area contributed by atoms with Crippen molar-refractivity contribution >= 4 is 5.97 Å². The summed E-state index contributed by atoms with van der Waals surface area (Å²) < 4.78 is 5.16. The van der Waals surface area contributed by atoms with E-state index < -0.39 is 6.10 Å². The Kier molecular flexibility index (Phi) is 3.20. The molecule has 0 radical (unpaired) electrons. The molecule has 0 aromatic carbocycles. The summed E-state index contributed by atoms with van der Waals surface area (Å²) in [5, 5.41) is 9.99. The molecule has 1 saturated heterocycles. The molecule has 1 aliphatic rings. The zero-order chi connectivity index (χ0) is 10.9. The van der Waals surface area contributed by atoms with Gasteiger partial charge in [0.15, 0.2) is 0 Å². The van der Waals surface area contributed by atoms with E-state index in [1.165, 1.54) is 0 Å². The molecule has 0 bridgehead atoms. The molecule has 1 rings (SSSR count). The Hall–Kier alpha value is -0.570. The molecule has 0 aromatic heterocycles. The number of carbonyl (C=O) groups excluding carboxylic acids is 1. The number of hydrogen-bond acceptors (Lipinski definition) is 3. The van der Waals surface area contributed by atoms with Crippen LogP contribution in [0.15, 0.2) is 0 Å². The topological polar surface area (TPSA) is 46.5 Å². The first-order chi connectivity index (χ1) is 6.33. The molecule has 1 heterocycles. The SMILES string of the molecule is CC(C)C[C@H]1OC(=O)CC(C)(C)[C@@H]1O. The normalized spacial score (nSPS) is 31.7. The summed E-state index contributed by atoms with van der Waals surface area (Å²) in [6, 6.07) is 0. The molecule has 1 fully saturated rings. The summed E-state index contributed by atoms with van der Waals surface area (Å²) in [6.07, 6.45) is 0.174. The molecule has 1 N–H and O–H groups in total. The molecule has 0 aliphatic carbocycles. The van der Waals surface area contributed by atoms with Gasteiger partial charge in [-0.15, -0.1) is 0 Å². The second-order valence-electron chi connectivity index (χ2n) is 5.27. The molecule has 0 spiro atoms. The molecule has 0 aromatic rings. The molecule has 14 heavy (non-hydrogen) atoms. The van der Waals surface area contributed by atoms with Crippen LogP contribution in [-0.4, -0.2) is 23.3 Å². The zero-order valence-electron chi connectivity index (χ0n) is 9.41. The van der Waals surface area contributed by atoms with Crippen LogP contribution in [-0.2, 0) is 9.53 Å². The number of rotatable bonds is 2. The highest BCUT2D eigenvalue weighted by molar-refractivity contribution is 5.71. The highest BCUT2D eigenvalue weighted by Crippen LogP contribution is 2.35. The predicted octanol–water partition coefficient (Wildman–Crippen LogP) is 1.74. The average Bonchev–Trinajstić information content (AvgIpc) is 1.97. The Morgan fingerprint density at radius 1 is 1.57 bits per heavy atom. The van der Waals surface area contributed by atoms with E-state index in [9.17, 15) is 9.90 Å². The number of cyclic esters (lactones) is 1. The standard InChI is InChI=1S/C11H20O3/c1-7(2)5-8-10(13)11(3,4)6-9(12)14-8/h7-8,10,13H,5-6H2,1-4H3/t8-,10-/m1/s1. The van der Waals surface area contributed by atoms with Crippen LogP contribution in [0.4, 0.5) is 0 Å². The lowest BCUT2D eigenvalue weighted by Gasteiger charge is -2.40. The molecular formula is C11H20O3. The Balaban J connectivity index is 2.70. The van der Waals surface area contributed by atoms with Crippen molar-refractivity contribution in [1.29, 1.82) is 0 Å². The van der Waals surface area contributed by atoms with Gasteiger partial charge in [0.2, 0.25) is 0 Å². The van der Waals surface area contributed by atoms with E-state index in [0.29, 0.717) is 12.3 Å². The van der Waals surface area contributed by atoms with E-state index in [4.69, 9.17) is 4.74 Å². The summed E-state index contributed by atoms with van der Waals surface area (Å²) in [6.45, 7) is 7.93. The minimum Gasteiger partial charge on any atom is -0.460 e. The minimum absolute atomic E-state index is 0.189. The van der Waals surface area contributed by atoms with E-state index in [0.717, 1.165) is 6.42 Å². The molecule has 0 saturated carbocycles. The van der Waals surface area contributed by atoms with E-state index >= 15 is 0 Å². The third-order valence-electron chi connectivity index (χ3n) is 2.74. The van der Waals surface area contributed by atoms with Gasteiger partial charge in [0.05, 0.1) is 12.5 Å². The van der Waals surface area contributed by atoms with Crippen LogP contribution in [0.3, 0.4) is 0 Å². The molecule has 2 atom stereocenters. The molecule has 82 valence electrons. The van der Waals surface area contributed by atoms with Gasteiger partial charge in [0.25, 0.3) is 0 Å². The minimum atomic E-state index is -0.539. The van der Waals surface area contributed by atoms with E-state index in [1.54, 1.807) is 0 Å². The summed E-state index contributed by atoms with van der Waals surface area (Å²) in [5.74, 6) is 0.238. The lowest BCUT2D eigenvalue weighted by Crippen LogP contribution is -2.48. The molecule has 1 aliphatic heterocycles. The number of esters is 1. The molecule has 0 unspecified atom stereocenters. The monoisotopic (exact) mass is 200 g/mol. The first-order valence-electron chi connectivity index (χ1n) is 5.20. The van der Waals surface area contributed by atoms with Crippen LogP contribution >= 0.6 is 0 Å². The van der Waals surface area contributed by atoms with Gasteiger partial charge in [-0.25, -0.2) is 0 Å². The lowest BCUT2D eigenvalue weighted by molar-refractivity contribution is -0.181. The fourth-order valence-corrected chi connectivity index (χ4v) is 1.90. The molecule has 3 heteroatoms. The van der Waals surface area contributed by atoms with Gasteiger partial charge in [-0.1, -0.05) is 27.7 Å². The average molecular weight is 200 g/mol. The Morgan fingerprint density at radius 3 is 2.64 bits per heavy atom. The van der Waals surface area contributed by atoms with Crippen molar-refractivity contribution in [3.63, 3.8) is 0 Å².